The van der Waals surface area contributed by atoms with E-state index in [1.54, 1.807) is 36.2 Å². The number of nitrogens with one attached hydrogen (secondary N) is 2. The predicted molar refractivity (Wildman–Crippen MR) is 128 cm³/mol. The maximum Gasteiger partial charge on any atom is 0.410 e. The largest absolute Gasteiger partial charge is 0.444 e. The van der Waals surface area contributed by atoms with Crippen LogP contribution in [0.3, 0.4) is 0 Å². The van der Waals surface area contributed by atoms with Crippen LogP contribution in [0.15, 0.2) is 34.2 Å². The summed E-state index contributed by atoms with van der Waals surface area (Å²) in [5, 5.41) is 6.37. The summed E-state index contributed by atoms with van der Waals surface area (Å²) in [6.07, 6.45) is -0.332. The van der Waals surface area contributed by atoms with E-state index in [1.807, 2.05) is 20.8 Å². The SMILES string of the molecule is CN=C(NCc1ccccc1S(=O)(=O)N(C)C)NC1CN(C(=O)OC(C)(C)C)C1.I. The van der Waals surface area contributed by atoms with Gasteiger partial charge < -0.3 is 20.3 Å². The van der Waals surface area contributed by atoms with E-state index in [4.69, 9.17) is 4.74 Å². The zero-order valence-electron chi connectivity index (χ0n) is 18.3. The van der Waals surface area contributed by atoms with Crippen LogP contribution < -0.4 is 10.6 Å². The molecule has 1 amide bonds. The molecule has 1 heterocycles. The minimum absolute atomic E-state index is 0. The number of likely N-dealkylation sites (tertiary alicyclic amines) is 1. The lowest BCUT2D eigenvalue weighted by Gasteiger charge is -2.40. The predicted octanol–water partition coefficient (Wildman–Crippen LogP) is 1.84. The highest BCUT2D eigenvalue weighted by atomic mass is 127. The van der Waals surface area contributed by atoms with Crippen LogP contribution in [-0.4, -0.2) is 75.6 Å². The number of carbonyl (C=O) groups excluding carboxylic acids is 1. The molecule has 1 aliphatic heterocycles. The molecule has 1 aromatic carbocycles. The molecule has 0 saturated carbocycles. The lowest BCUT2D eigenvalue weighted by Crippen LogP contribution is -2.63. The molecule has 0 aromatic heterocycles. The fraction of sp³-hybridized carbons (Fsp3) is 0.579. The average molecular weight is 553 g/mol. The standard InChI is InChI=1S/C19H31N5O4S.HI/c1-19(2,3)28-18(25)24-12-15(13-24)22-17(20-4)21-11-14-9-7-8-10-16(14)29(26,27)23(5)6;/h7-10,15H,11-13H2,1-6H3,(H2,20,21,22);1H. The number of sulfonamides is 1. The first-order chi connectivity index (χ1) is 13.4. The number of benzene rings is 1. The molecule has 170 valence electrons. The van der Waals surface area contributed by atoms with Gasteiger partial charge in [-0.05, 0) is 32.4 Å². The zero-order valence-corrected chi connectivity index (χ0v) is 21.4. The molecule has 0 spiro atoms. The van der Waals surface area contributed by atoms with Gasteiger partial charge in [0.1, 0.15) is 5.60 Å². The van der Waals surface area contributed by atoms with Crippen molar-refractivity contribution in [1.29, 1.82) is 0 Å². The van der Waals surface area contributed by atoms with Gasteiger partial charge in [-0.25, -0.2) is 17.5 Å². The molecule has 0 atom stereocenters. The van der Waals surface area contributed by atoms with Gasteiger partial charge in [-0.15, -0.1) is 24.0 Å². The van der Waals surface area contributed by atoms with Crippen molar-refractivity contribution in [3.63, 3.8) is 0 Å². The number of nitrogens with zero attached hydrogens (tertiary/aromatic N) is 3. The normalized spacial score (nSPS) is 15.3. The molecule has 0 bridgehead atoms. The molecular formula is C19H32IN5O4S. The highest BCUT2D eigenvalue weighted by Gasteiger charge is 2.34. The summed E-state index contributed by atoms with van der Waals surface area (Å²) >= 11 is 0. The first-order valence-electron chi connectivity index (χ1n) is 9.39. The smallest absolute Gasteiger partial charge is 0.410 e. The Morgan fingerprint density at radius 2 is 1.87 bits per heavy atom. The summed E-state index contributed by atoms with van der Waals surface area (Å²) in [5.41, 5.74) is 0.126. The number of ether oxygens (including phenoxy) is 1. The minimum atomic E-state index is -3.54. The molecule has 1 aromatic rings. The molecule has 11 heteroatoms. The Bertz CT molecular complexity index is 862. The van der Waals surface area contributed by atoms with Gasteiger partial charge in [0.2, 0.25) is 10.0 Å². The third-order valence-corrected chi connectivity index (χ3v) is 6.19. The molecule has 2 rings (SSSR count). The van der Waals surface area contributed by atoms with Crippen molar-refractivity contribution in [2.24, 2.45) is 4.99 Å². The highest BCUT2D eigenvalue weighted by Crippen LogP contribution is 2.18. The van der Waals surface area contributed by atoms with Crippen LogP contribution in [0.4, 0.5) is 4.79 Å². The number of hydrogen-bond acceptors (Lipinski definition) is 5. The summed E-state index contributed by atoms with van der Waals surface area (Å²) < 4.78 is 31.5. The highest BCUT2D eigenvalue weighted by molar-refractivity contribution is 14.0. The molecule has 1 saturated heterocycles. The Morgan fingerprint density at radius 3 is 2.40 bits per heavy atom. The molecule has 9 nitrogen and oxygen atoms in total. The van der Waals surface area contributed by atoms with E-state index in [0.29, 0.717) is 31.2 Å². The number of hydrogen-bond donors (Lipinski definition) is 2. The molecule has 1 aliphatic rings. The van der Waals surface area contributed by atoms with Gasteiger partial charge in [0.15, 0.2) is 5.96 Å². The monoisotopic (exact) mass is 553 g/mol. The van der Waals surface area contributed by atoms with Crippen molar-refractivity contribution in [3.05, 3.63) is 29.8 Å². The number of amides is 1. The van der Waals surface area contributed by atoms with Crippen LogP contribution in [-0.2, 0) is 21.3 Å². The van der Waals surface area contributed by atoms with E-state index in [0.717, 1.165) is 0 Å². The van der Waals surface area contributed by atoms with E-state index in [-0.39, 0.29) is 41.0 Å². The number of rotatable bonds is 5. The van der Waals surface area contributed by atoms with Gasteiger partial charge in [-0.1, -0.05) is 18.2 Å². The zero-order chi connectivity index (χ0) is 21.8. The van der Waals surface area contributed by atoms with Crippen molar-refractivity contribution in [2.75, 3.05) is 34.2 Å². The molecule has 1 fully saturated rings. The lowest BCUT2D eigenvalue weighted by atomic mass is 10.1. The van der Waals surface area contributed by atoms with E-state index in [1.165, 1.54) is 18.4 Å². The quantitative estimate of drug-likeness (QED) is 0.328. The number of aliphatic imine (C=N–C) groups is 1. The maximum absolute atomic E-state index is 12.5. The van der Waals surface area contributed by atoms with E-state index in [2.05, 4.69) is 15.6 Å². The van der Waals surface area contributed by atoms with Crippen LogP contribution in [0.2, 0.25) is 0 Å². The Labute approximate surface area is 196 Å². The summed E-state index contributed by atoms with van der Waals surface area (Å²) in [6.45, 7) is 6.83. The van der Waals surface area contributed by atoms with Crippen molar-refractivity contribution >= 4 is 46.1 Å². The first kappa shape index (κ1) is 26.4. The summed E-state index contributed by atoms with van der Waals surface area (Å²) in [7, 11) is 1.12. The van der Waals surface area contributed by atoms with Gasteiger partial charge in [0.05, 0.1) is 10.9 Å². The van der Waals surface area contributed by atoms with E-state index < -0.39 is 15.6 Å². The summed E-state index contributed by atoms with van der Waals surface area (Å²) in [5.74, 6) is 0.538. The molecule has 0 unspecified atom stereocenters. The second kappa shape index (κ2) is 10.6. The average Bonchev–Trinajstić information content (AvgIpc) is 2.58. The summed E-state index contributed by atoms with van der Waals surface area (Å²) in [4.78, 5) is 18.1. The van der Waals surface area contributed by atoms with Crippen LogP contribution >= 0.6 is 24.0 Å². The third-order valence-electron chi connectivity index (χ3n) is 4.28. The fourth-order valence-corrected chi connectivity index (χ4v) is 3.83. The number of halogens is 1. The van der Waals surface area contributed by atoms with Gasteiger partial charge in [-0.3, -0.25) is 4.99 Å². The maximum atomic E-state index is 12.5. The van der Waals surface area contributed by atoms with Crippen LogP contribution in [0.1, 0.15) is 26.3 Å². The Balaban J connectivity index is 0.00000450. The Morgan fingerprint density at radius 1 is 1.27 bits per heavy atom. The van der Waals surface area contributed by atoms with Crippen molar-refractivity contribution < 1.29 is 17.9 Å². The first-order valence-corrected chi connectivity index (χ1v) is 10.8. The van der Waals surface area contributed by atoms with Gasteiger partial charge >= 0.3 is 6.09 Å². The second-order valence-corrected chi connectivity index (χ2v) is 10.2. The molecule has 0 radical (unpaired) electrons. The molecular weight excluding hydrogens is 521 g/mol. The van der Waals surface area contributed by atoms with Crippen LogP contribution in [0.5, 0.6) is 0 Å². The van der Waals surface area contributed by atoms with Crippen molar-refractivity contribution in [1.82, 2.24) is 19.8 Å². The molecule has 30 heavy (non-hydrogen) atoms. The summed E-state index contributed by atoms with van der Waals surface area (Å²) in [6, 6.07) is 6.91. The third kappa shape index (κ3) is 6.98. The molecule has 2 N–H and O–H groups in total. The van der Waals surface area contributed by atoms with Gasteiger partial charge in [0, 0.05) is 40.8 Å². The van der Waals surface area contributed by atoms with Gasteiger partial charge in [0.25, 0.3) is 0 Å². The number of carbonyl (C=O) groups is 1. The Hall–Kier alpha value is -1.60. The van der Waals surface area contributed by atoms with E-state index in [9.17, 15) is 13.2 Å². The van der Waals surface area contributed by atoms with Gasteiger partial charge in [-0.2, -0.15) is 0 Å². The van der Waals surface area contributed by atoms with Crippen LogP contribution in [0.25, 0.3) is 0 Å². The van der Waals surface area contributed by atoms with Crippen LogP contribution in [0, 0.1) is 0 Å². The van der Waals surface area contributed by atoms with E-state index >= 15 is 0 Å². The van der Waals surface area contributed by atoms with Crippen molar-refractivity contribution in [2.45, 2.75) is 43.9 Å². The lowest BCUT2D eigenvalue weighted by molar-refractivity contribution is 0.00701. The minimum Gasteiger partial charge on any atom is -0.444 e. The number of guanidine groups is 1. The fourth-order valence-electron chi connectivity index (χ4n) is 2.71. The topological polar surface area (TPSA) is 103 Å². The Kier molecular flexibility index (Phi) is 9.36. The second-order valence-electron chi connectivity index (χ2n) is 8.05. The van der Waals surface area contributed by atoms with Crippen molar-refractivity contribution in [3.8, 4) is 0 Å². The molecule has 0 aliphatic carbocycles.